The molecule has 8 heteroatoms. The Morgan fingerprint density at radius 2 is 1.81 bits per heavy atom. The Balaban J connectivity index is 3.41. The number of benzene rings is 1. The lowest BCUT2D eigenvalue weighted by atomic mass is 10.0. The molecule has 1 amide bonds. The van der Waals surface area contributed by atoms with Crippen molar-refractivity contribution in [1.82, 2.24) is 5.32 Å². The second-order valence-corrected chi connectivity index (χ2v) is 6.56. The van der Waals surface area contributed by atoms with E-state index in [1.54, 1.807) is 39.8 Å². The maximum Gasteiger partial charge on any atom is 0.441 e. The SMILES string of the molecule is CCOC(=O)[C@@](NC(=O)CC(C)C)(Nc1ccc(C)cc1C)C(F)(F)F. The van der Waals surface area contributed by atoms with Crippen molar-refractivity contribution in [2.24, 2.45) is 5.92 Å². The van der Waals surface area contributed by atoms with Crippen LogP contribution in [0.25, 0.3) is 0 Å². The van der Waals surface area contributed by atoms with Crippen molar-refractivity contribution < 1.29 is 27.5 Å². The van der Waals surface area contributed by atoms with Crippen molar-refractivity contribution in [3.05, 3.63) is 29.3 Å². The molecule has 5 nitrogen and oxygen atoms in total. The number of esters is 1. The molecule has 1 aromatic carbocycles. The number of carbonyl (C=O) groups is 2. The zero-order chi connectivity index (χ0) is 20.1. The van der Waals surface area contributed by atoms with Crippen molar-refractivity contribution >= 4 is 17.6 Å². The molecule has 2 N–H and O–H groups in total. The van der Waals surface area contributed by atoms with Gasteiger partial charge in [0.05, 0.1) is 6.61 Å². The zero-order valence-electron chi connectivity index (χ0n) is 15.6. The van der Waals surface area contributed by atoms with E-state index in [1.807, 2.05) is 5.32 Å². The normalized spacial score (nSPS) is 13.9. The summed E-state index contributed by atoms with van der Waals surface area (Å²) in [6, 6.07) is 4.71. The number of rotatable bonds is 7. The molecule has 0 aliphatic heterocycles. The third-order valence-corrected chi connectivity index (χ3v) is 3.63. The topological polar surface area (TPSA) is 67.4 Å². The summed E-state index contributed by atoms with van der Waals surface area (Å²) in [5.74, 6) is -2.68. The van der Waals surface area contributed by atoms with Crippen LogP contribution in [0, 0.1) is 19.8 Å². The number of aryl methyl sites for hydroxylation is 2. The lowest BCUT2D eigenvalue weighted by Gasteiger charge is -2.36. The van der Waals surface area contributed by atoms with Gasteiger partial charge in [-0.3, -0.25) is 4.79 Å². The molecule has 1 atom stereocenters. The zero-order valence-corrected chi connectivity index (χ0v) is 15.6. The second kappa shape index (κ2) is 8.42. The van der Waals surface area contributed by atoms with Gasteiger partial charge in [0, 0.05) is 12.1 Å². The van der Waals surface area contributed by atoms with E-state index >= 15 is 0 Å². The van der Waals surface area contributed by atoms with Gasteiger partial charge in [0.1, 0.15) is 0 Å². The van der Waals surface area contributed by atoms with E-state index in [-0.39, 0.29) is 24.6 Å². The molecule has 0 aliphatic rings. The molecule has 1 aromatic rings. The fourth-order valence-electron chi connectivity index (χ4n) is 2.42. The largest absolute Gasteiger partial charge is 0.463 e. The van der Waals surface area contributed by atoms with Crippen LogP contribution < -0.4 is 10.6 Å². The molecule has 0 heterocycles. The van der Waals surface area contributed by atoms with Crippen molar-refractivity contribution in [2.45, 2.75) is 52.9 Å². The fourth-order valence-corrected chi connectivity index (χ4v) is 2.42. The van der Waals surface area contributed by atoms with Crippen LogP contribution in [-0.2, 0) is 14.3 Å². The van der Waals surface area contributed by atoms with Gasteiger partial charge in [0.25, 0.3) is 0 Å². The van der Waals surface area contributed by atoms with Crippen molar-refractivity contribution in [3.63, 3.8) is 0 Å². The van der Waals surface area contributed by atoms with E-state index in [9.17, 15) is 22.8 Å². The Morgan fingerprint density at radius 3 is 2.27 bits per heavy atom. The first-order chi connectivity index (χ1) is 11.9. The number of hydrogen-bond donors (Lipinski definition) is 2. The number of amides is 1. The molecule has 0 bridgehead atoms. The summed E-state index contributed by atoms with van der Waals surface area (Å²) in [5, 5.41) is 4.01. The highest BCUT2D eigenvalue weighted by molar-refractivity contribution is 5.91. The van der Waals surface area contributed by atoms with Gasteiger partial charge in [-0.2, -0.15) is 13.2 Å². The third-order valence-electron chi connectivity index (χ3n) is 3.63. The monoisotopic (exact) mass is 374 g/mol. The van der Waals surface area contributed by atoms with Gasteiger partial charge in [-0.25, -0.2) is 4.79 Å². The van der Waals surface area contributed by atoms with Gasteiger partial charge >= 0.3 is 17.8 Å². The number of alkyl halides is 3. The highest BCUT2D eigenvalue weighted by Crippen LogP contribution is 2.34. The second-order valence-electron chi connectivity index (χ2n) is 6.56. The molecule has 0 radical (unpaired) electrons. The van der Waals surface area contributed by atoms with E-state index in [0.717, 1.165) is 5.56 Å². The van der Waals surface area contributed by atoms with Crippen LogP contribution in [0.1, 0.15) is 38.3 Å². The third kappa shape index (κ3) is 5.12. The summed E-state index contributed by atoms with van der Waals surface area (Å²) in [6.07, 6.45) is -5.28. The minimum absolute atomic E-state index is 0.0748. The van der Waals surface area contributed by atoms with Crippen LogP contribution in [0.4, 0.5) is 18.9 Å². The highest BCUT2D eigenvalue weighted by atomic mass is 19.4. The van der Waals surface area contributed by atoms with Gasteiger partial charge in [-0.05, 0) is 38.3 Å². The van der Waals surface area contributed by atoms with E-state index in [1.165, 1.54) is 13.0 Å². The first-order valence-corrected chi connectivity index (χ1v) is 8.33. The molecule has 0 spiro atoms. The Labute approximate surface area is 151 Å². The van der Waals surface area contributed by atoms with Crippen LogP contribution in [0.3, 0.4) is 0 Å². The Hall–Kier alpha value is -2.25. The molecule has 146 valence electrons. The predicted molar refractivity (Wildman–Crippen MR) is 92.6 cm³/mol. The van der Waals surface area contributed by atoms with Crippen LogP contribution in [0.15, 0.2) is 18.2 Å². The minimum Gasteiger partial charge on any atom is -0.463 e. The van der Waals surface area contributed by atoms with Crippen molar-refractivity contribution in [1.29, 1.82) is 0 Å². The number of hydrogen-bond acceptors (Lipinski definition) is 4. The summed E-state index contributed by atoms with van der Waals surface area (Å²) in [5.41, 5.74) is -1.94. The molecule has 0 saturated heterocycles. The molecule has 1 rings (SSSR count). The highest BCUT2D eigenvalue weighted by Gasteiger charge is 2.63. The van der Waals surface area contributed by atoms with Crippen LogP contribution in [0.2, 0.25) is 0 Å². The van der Waals surface area contributed by atoms with Gasteiger partial charge in [0.2, 0.25) is 5.91 Å². The summed E-state index contributed by atoms with van der Waals surface area (Å²) < 4.78 is 46.5. The quantitative estimate of drug-likeness (QED) is 0.564. The lowest BCUT2D eigenvalue weighted by Crippen LogP contribution is -2.69. The van der Waals surface area contributed by atoms with Crippen LogP contribution in [-0.4, -0.2) is 30.3 Å². The molecule has 0 fully saturated rings. The lowest BCUT2D eigenvalue weighted by molar-refractivity contribution is -0.208. The Morgan fingerprint density at radius 1 is 1.19 bits per heavy atom. The van der Waals surface area contributed by atoms with Gasteiger partial charge < -0.3 is 15.4 Å². The molecule has 0 unspecified atom stereocenters. The molecular weight excluding hydrogens is 349 g/mol. The fraction of sp³-hybridized carbons (Fsp3) is 0.556. The predicted octanol–water partition coefficient (Wildman–Crippen LogP) is 3.70. The maximum atomic E-state index is 14.0. The number of halogens is 3. The van der Waals surface area contributed by atoms with Crippen molar-refractivity contribution in [2.75, 3.05) is 11.9 Å². The number of ether oxygens (including phenoxy) is 1. The minimum atomic E-state index is -5.12. The molecule has 0 aromatic heterocycles. The molecule has 0 aliphatic carbocycles. The molecule has 0 saturated carbocycles. The van der Waals surface area contributed by atoms with Gasteiger partial charge in [0.15, 0.2) is 0 Å². The van der Waals surface area contributed by atoms with E-state index in [0.29, 0.717) is 5.56 Å². The first kappa shape index (κ1) is 21.8. The van der Waals surface area contributed by atoms with Gasteiger partial charge in [-0.1, -0.05) is 31.5 Å². The first-order valence-electron chi connectivity index (χ1n) is 8.33. The Kier molecular flexibility index (Phi) is 7.06. The smallest absolute Gasteiger partial charge is 0.441 e. The number of anilines is 1. The molecule has 26 heavy (non-hydrogen) atoms. The average molecular weight is 374 g/mol. The summed E-state index contributed by atoms with van der Waals surface area (Å²) in [6.45, 7) is 7.92. The standard InChI is InChI=1S/C18H25F3N2O3/c1-6-26-16(25)17(18(19,20)21,23-15(24)9-11(2)3)22-14-8-7-12(4)10-13(14)5/h7-8,10-11,22H,6,9H2,1-5H3,(H,23,24)/t17-/m0/s1. The summed E-state index contributed by atoms with van der Waals surface area (Å²) in [4.78, 5) is 24.4. The van der Waals surface area contributed by atoms with Crippen LogP contribution >= 0.6 is 0 Å². The summed E-state index contributed by atoms with van der Waals surface area (Å²) in [7, 11) is 0. The van der Waals surface area contributed by atoms with Crippen molar-refractivity contribution in [3.8, 4) is 0 Å². The van der Waals surface area contributed by atoms with E-state index < -0.39 is 23.7 Å². The van der Waals surface area contributed by atoms with Crippen LogP contribution in [0.5, 0.6) is 0 Å². The maximum absolute atomic E-state index is 14.0. The molecular formula is C18H25F3N2O3. The van der Waals surface area contributed by atoms with E-state index in [4.69, 9.17) is 0 Å². The summed E-state index contributed by atoms with van der Waals surface area (Å²) >= 11 is 0. The van der Waals surface area contributed by atoms with Gasteiger partial charge in [-0.15, -0.1) is 0 Å². The number of nitrogens with one attached hydrogen (secondary N) is 2. The Bertz CT molecular complexity index is 660. The van der Waals surface area contributed by atoms with E-state index in [2.05, 4.69) is 10.1 Å². The number of carbonyl (C=O) groups excluding carboxylic acids is 2. The average Bonchev–Trinajstić information content (AvgIpc) is 2.47.